The maximum absolute atomic E-state index is 13.8. The summed E-state index contributed by atoms with van der Waals surface area (Å²) in [5, 5.41) is 14.8. The second-order valence-electron chi connectivity index (χ2n) is 8.58. The van der Waals surface area contributed by atoms with E-state index in [1.165, 1.54) is 23.5 Å². The molecule has 1 aliphatic heterocycles. The molecule has 12 heteroatoms. The number of benzene rings is 1. The van der Waals surface area contributed by atoms with Gasteiger partial charge in [-0.25, -0.2) is 19.0 Å². The Hall–Kier alpha value is -2.83. The number of carbonyl (C=O) groups is 2. The number of thiazole rings is 1. The number of carbonyl (C=O) groups excluding carboxylic acids is 1. The molecule has 0 amide bonds. The van der Waals surface area contributed by atoms with Crippen LogP contribution in [0.3, 0.4) is 0 Å². The van der Waals surface area contributed by atoms with Crippen LogP contribution in [0, 0.1) is 5.82 Å². The molecule has 1 aromatic heterocycles. The van der Waals surface area contributed by atoms with Gasteiger partial charge in [0, 0.05) is 47.8 Å². The van der Waals surface area contributed by atoms with Gasteiger partial charge in [0.1, 0.15) is 17.4 Å². The van der Waals surface area contributed by atoms with E-state index in [9.17, 15) is 14.0 Å². The average molecular weight is 568 g/mol. The molecular weight excluding hydrogens is 537 g/mol. The SMILES string of the molecule is C=C(N/C(CN1CCOC(COCC(=O)O)C1)=C(/C(=O)OCC)[C@@H](C)c1ccc(F)cc1Cl)c1nccs1. The fourth-order valence-corrected chi connectivity index (χ4v) is 5.00. The van der Waals surface area contributed by atoms with Crippen LogP contribution >= 0.6 is 22.9 Å². The van der Waals surface area contributed by atoms with Crippen molar-refractivity contribution in [3.8, 4) is 0 Å². The molecular formula is C26H31ClFN3O6S. The number of ether oxygens (including phenoxy) is 3. The van der Waals surface area contributed by atoms with E-state index in [1.807, 2.05) is 5.38 Å². The van der Waals surface area contributed by atoms with E-state index in [0.29, 0.717) is 53.8 Å². The molecule has 0 aliphatic carbocycles. The molecule has 2 N–H and O–H groups in total. The minimum Gasteiger partial charge on any atom is -0.480 e. The molecule has 2 aromatic rings. The van der Waals surface area contributed by atoms with Crippen molar-refractivity contribution in [2.45, 2.75) is 25.9 Å². The average Bonchev–Trinajstić information content (AvgIpc) is 3.39. The maximum atomic E-state index is 13.8. The van der Waals surface area contributed by atoms with Crippen LogP contribution in [-0.4, -0.2) is 79.1 Å². The van der Waals surface area contributed by atoms with Crippen LogP contribution in [0.1, 0.15) is 30.3 Å². The number of carboxylic acid groups (broad SMARTS) is 1. The summed E-state index contributed by atoms with van der Waals surface area (Å²) in [5.74, 6) is -2.62. The van der Waals surface area contributed by atoms with E-state index in [1.54, 1.807) is 26.1 Å². The molecule has 2 atom stereocenters. The van der Waals surface area contributed by atoms with Crippen LogP contribution in [0.4, 0.5) is 4.39 Å². The van der Waals surface area contributed by atoms with E-state index in [4.69, 9.17) is 30.9 Å². The van der Waals surface area contributed by atoms with Gasteiger partial charge in [-0.1, -0.05) is 31.2 Å². The summed E-state index contributed by atoms with van der Waals surface area (Å²) < 4.78 is 30.2. The van der Waals surface area contributed by atoms with Gasteiger partial charge in [0.05, 0.1) is 37.2 Å². The van der Waals surface area contributed by atoms with Crippen molar-refractivity contribution >= 4 is 40.6 Å². The largest absolute Gasteiger partial charge is 0.480 e. The molecule has 38 heavy (non-hydrogen) atoms. The fourth-order valence-electron chi connectivity index (χ4n) is 4.10. The number of nitrogens with zero attached hydrogens (tertiary/aromatic N) is 2. The number of hydrogen-bond acceptors (Lipinski definition) is 9. The molecule has 206 valence electrons. The number of esters is 1. The van der Waals surface area contributed by atoms with Crippen molar-refractivity contribution in [1.82, 2.24) is 15.2 Å². The van der Waals surface area contributed by atoms with Crippen molar-refractivity contribution in [1.29, 1.82) is 0 Å². The molecule has 0 radical (unpaired) electrons. The number of aliphatic carboxylic acids is 1. The van der Waals surface area contributed by atoms with E-state index < -0.39 is 30.3 Å². The van der Waals surface area contributed by atoms with E-state index in [2.05, 4.69) is 21.8 Å². The summed E-state index contributed by atoms with van der Waals surface area (Å²) in [6, 6.07) is 4.06. The quantitative estimate of drug-likeness (QED) is 0.275. The maximum Gasteiger partial charge on any atom is 0.336 e. The zero-order chi connectivity index (χ0) is 27.7. The number of rotatable bonds is 13. The number of carboxylic acids is 1. The van der Waals surface area contributed by atoms with Crippen LogP contribution < -0.4 is 5.32 Å². The van der Waals surface area contributed by atoms with Gasteiger partial charge >= 0.3 is 11.9 Å². The minimum atomic E-state index is -1.06. The normalized spacial score (nSPS) is 17.4. The molecule has 1 aromatic carbocycles. The Labute approximate surface area is 229 Å². The third-order valence-corrected chi connectivity index (χ3v) is 6.97. The van der Waals surface area contributed by atoms with E-state index >= 15 is 0 Å². The Morgan fingerprint density at radius 2 is 2.24 bits per heavy atom. The Kier molecular flexibility index (Phi) is 11.2. The number of halogens is 2. The topological polar surface area (TPSA) is 110 Å². The number of morpholine rings is 1. The molecule has 0 bridgehead atoms. The Balaban J connectivity index is 1.97. The molecule has 2 heterocycles. The highest BCUT2D eigenvalue weighted by molar-refractivity contribution is 7.10. The van der Waals surface area contributed by atoms with Crippen molar-refractivity contribution in [2.24, 2.45) is 0 Å². The van der Waals surface area contributed by atoms with Gasteiger partial charge in [-0.2, -0.15) is 0 Å². The molecule has 1 saturated heterocycles. The lowest BCUT2D eigenvalue weighted by molar-refractivity contribution is -0.144. The lowest BCUT2D eigenvalue weighted by atomic mass is 9.90. The van der Waals surface area contributed by atoms with Gasteiger partial charge in [0.25, 0.3) is 0 Å². The van der Waals surface area contributed by atoms with Crippen molar-refractivity contribution in [3.05, 3.63) is 69.0 Å². The summed E-state index contributed by atoms with van der Waals surface area (Å²) in [4.78, 5) is 30.5. The van der Waals surface area contributed by atoms with Crippen LogP contribution in [-0.2, 0) is 23.8 Å². The summed E-state index contributed by atoms with van der Waals surface area (Å²) >= 11 is 7.78. The van der Waals surface area contributed by atoms with Crippen molar-refractivity contribution in [2.75, 3.05) is 46.1 Å². The summed E-state index contributed by atoms with van der Waals surface area (Å²) in [7, 11) is 0. The number of hydrogen-bond donors (Lipinski definition) is 2. The van der Waals surface area contributed by atoms with Gasteiger partial charge in [-0.05, 0) is 24.6 Å². The predicted octanol–water partition coefficient (Wildman–Crippen LogP) is 3.92. The Bertz CT molecular complexity index is 1160. The lowest BCUT2D eigenvalue weighted by Crippen LogP contribution is -2.46. The molecule has 0 spiro atoms. The highest BCUT2D eigenvalue weighted by Crippen LogP contribution is 2.33. The van der Waals surface area contributed by atoms with Gasteiger partial charge in [0.2, 0.25) is 0 Å². The predicted molar refractivity (Wildman–Crippen MR) is 142 cm³/mol. The second kappa shape index (κ2) is 14.4. The summed E-state index contributed by atoms with van der Waals surface area (Å²) in [6.45, 7) is 9.19. The fraction of sp³-hybridized carbons (Fsp3) is 0.423. The molecule has 1 fully saturated rings. The van der Waals surface area contributed by atoms with E-state index in [-0.39, 0.29) is 24.3 Å². The molecule has 0 saturated carbocycles. The molecule has 9 nitrogen and oxygen atoms in total. The Morgan fingerprint density at radius 3 is 2.89 bits per heavy atom. The van der Waals surface area contributed by atoms with Crippen LogP contribution in [0.5, 0.6) is 0 Å². The monoisotopic (exact) mass is 567 g/mol. The van der Waals surface area contributed by atoms with Gasteiger partial charge in [-0.3, -0.25) is 4.90 Å². The number of nitrogens with one attached hydrogen (secondary N) is 1. The minimum absolute atomic E-state index is 0.118. The second-order valence-corrected chi connectivity index (χ2v) is 9.88. The van der Waals surface area contributed by atoms with Crippen molar-refractivity contribution in [3.63, 3.8) is 0 Å². The first kappa shape index (κ1) is 29.7. The molecule has 3 rings (SSSR count). The summed E-state index contributed by atoms with van der Waals surface area (Å²) in [5.41, 5.74) is 1.92. The van der Waals surface area contributed by atoms with Gasteiger partial charge in [-0.15, -0.1) is 11.3 Å². The third-order valence-electron chi connectivity index (χ3n) is 5.81. The van der Waals surface area contributed by atoms with Gasteiger partial charge in [0.15, 0.2) is 0 Å². The Morgan fingerprint density at radius 1 is 1.45 bits per heavy atom. The van der Waals surface area contributed by atoms with Crippen LogP contribution in [0.15, 0.2) is 47.6 Å². The highest BCUT2D eigenvalue weighted by Gasteiger charge is 2.29. The van der Waals surface area contributed by atoms with Crippen LogP contribution in [0.25, 0.3) is 5.70 Å². The standard InChI is InChI=1S/C26H31ClFN3O6S/c1-4-36-26(34)24(16(2)20-6-5-18(28)11-21(20)27)22(30-17(3)25-29-7-10-38-25)13-31-8-9-37-19(12-31)14-35-15-23(32)33/h5-7,10-11,16,19,30H,3-4,8-9,12-15H2,1-2H3,(H,32,33)/b24-22+/t16-,19?/m0/s1. The highest BCUT2D eigenvalue weighted by atomic mass is 35.5. The van der Waals surface area contributed by atoms with Crippen LogP contribution in [0.2, 0.25) is 5.02 Å². The lowest BCUT2D eigenvalue weighted by Gasteiger charge is -2.34. The number of aromatic nitrogens is 1. The summed E-state index contributed by atoms with van der Waals surface area (Å²) in [6.07, 6.45) is 1.31. The smallest absolute Gasteiger partial charge is 0.336 e. The first-order chi connectivity index (χ1) is 18.2. The third kappa shape index (κ3) is 8.34. The van der Waals surface area contributed by atoms with Crippen molar-refractivity contribution < 1.29 is 33.3 Å². The van der Waals surface area contributed by atoms with Gasteiger partial charge < -0.3 is 24.6 Å². The first-order valence-corrected chi connectivity index (χ1v) is 13.3. The zero-order valence-corrected chi connectivity index (χ0v) is 22.8. The first-order valence-electron chi connectivity index (χ1n) is 12.0. The van der Waals surface area contributed by atoms with E-state index in [0.717, 1.165) is 0 Å². The molecule has 1 aliphatic rings. The molecule has 1 unspecified atom stereocenters. The zero-order valence-electron chi connectivity index (χ0n) is 21.2.